The second-order valence-electron chi connectivity index (χ2n) is 6.25. The molecule has 0 N–H and O–H groups in total. The van der Waals surface area contributed by atoms with Crippen molar-refractivity contribution in [2.24, 2.45) is 0 Å². The van der Waals surface area contributed by atoms with Gasteiger partial charge in [0.2, 0.25) is 0 Å². The number of pyridine rings is 1. The molecule has 1 aromatic carbocycles. The van der Waals surface area contributed by atoms with Gasteiger partial charge < -0.3 is 9.80 Å². The number of benzene rings is 1. The SMILES string of the molecule is O=C(c1cnccc1C(F)(F)F)N1CCN(c2cccc(C(F)(F)F)c2)CC1. The maximum Gasteiger partial charge on any atom is 0.417 e. The van der Waals surface area contributed by atoms with E-state index in [9.17, 15) is 31.1 Å². The summed E-state index contributed by atoms with van der Waals surface area (Å²) in [6.45, 7) is 0.575. The van der Waals surface area contributed by atoms with Crippen LogP contribution in [-0.2, 0) is 12.4 Å². The molecule has 1 fully saturated rings. The summed E-state index contributed by atoms with van der Waals surface area (Å²) in [4.78, 5) is 19.0. The van der Waals surface area contributed by atoms with E-state index in [2.05, 4.69) is 4.98 Å². The number of amides is 1. The molecule has 0 bridgehead atoms. The lowest BCUT2D eigenvalue weighted by atomic mass is 10.1. The standard InChI is InChI=1S/C18H15F6N3O/c19-17(20,21)12-2-1-3-13(10-12)26-6-8-27(9-7-26)16(28)14-11-25-5-4-15(14)18(22,23)24/h1-5,10-11H,6-9H2. The molecule has 2 aromatic rings. The number of nitrogens with zero attached hydrogens (tertiary/aromatic N) is 3. The lowest BCUT2D eigenvalue weighted by molar-refractivity contribution is -0.138. The molecule has 1 aliphatic heterocycles. The first-order valence-electron chi connectivity index (χ1n) is 8.30. The van der Waals surface area contributed by atoms with Crippen LogP contribution in [0.3, 0.4) is 0 Å². The Morgan fingerprint density at radius 3 is 2.21 bits per heavy atom. The van der Waals surface area contributed by atoms with Crippen LogP contribution in [0.25, 0.3) is 0 Å². The van der Waals surface area contributed by atoms with Crippen molar-refractivity contribution in [1.82, 2.24) is 9.88 Å². The van der Waals surface area contributed by atoms with E-state index in [0.29, 0.717) is 5.69 Å². The van der Waals surface area contributed by atoms with Gasteiger partial charge in [-0.25, -0.2) is 0 Å². The van der Waals surface area contributed by atoms with E-state index in [-0.39, 0.29) is 26.2 Å². The quantitative estimate of drug-likeness (QED) is 0.709. The first kappa shape index (κ1) is 20.0. The van der Waals surface area contributed by atoms with E-state index in [1.165, 1.54) is 17.0 Å². The van der Waals surface area contributed by atoms with Crippen LogP contribution in [0.4, 0.5) is 32.0 Å². The molecule has 1 aromatic heterocycles. The second kappa shape index (κ2) is 7.33. The molecular formula is C18H15F6N3O. The fraction of sp³-hybridized carbons (Fsp3) is 0.333. The fourth-order valence-corrected chi connectivity index (χ4v) is 3.03. The zero-order chi connectivity index (χ0) is 20.5. The number of hydrogen-bond acceptors (Lipinski definition) is 3. The van der Waals surface area contributed by atoms with E-state index in [0.717, 1.165) is 30.6 Å². The number of anilines is 1. The van der Waals surface area contributed by atoms with Gasteiger partial charge in [-0.2, -0.15) is 26.3 Å². The van der Waals surface area contributed by atoms with Gasteiger partial charge in [0.15, 0.2) is 0 Å². The molecule has 0 saturated carbocycles. The van der Waals surface area contributed by atoms with Crippen LogP contribution in [0, 0.1) is 0 Å². The van der Waals surface area contributed by atoms with Crippen molar-refractivity contribution in [3.8, 4) is 0 Å². The number of carbonyl (C=O) groups is 1. The van der Waals surface area contributed by atoms with Gasteiger partial charge in [0.25, 0.3) is 5.91 Å². The van der Waals surface area contributed by atoms with Crippen molar-refractivity contribution < 1.29 is 31.1 Å². The summed E-state index contributed by atoms with van der Waals surface area (Å²) in [5.41, 5.74) is -2.04. The number of carbonyl (C=O) groups excluding carboxylic acids is 1. The predicted octanol–water partition coefficient (Wildman–Crippen LogP) is 4.08. The zero-order valence-electron chi connectivity index (χ0n) is 14.4. The summed E-state index contributed by atoms with van der Waals surface area (Å²) in [6.07, 6.45) is -7.31. The molecule has 0 radical (unpaired) electrons. The highest BCUT2D eigenvalue weighted by molar-refractivity contribution is 5.95. The van der Waals surface area contributed by atoms with Crippen molar-refractivity contribution in [2.75, 3.05) is 31.1 Å². The molecule has 1 aliphatic rings. The molecule has 28 heavy (non-hydrogen) atoms. The Labute approximate surface area is 156 Å². The summed E-state index contributed by atoms with van der Waals surface area (Å²) in [5.74, 6) is -0.802. The Morgan fingerprint density at radius 2 is 1.61 bits per heavy atom. The zero-order valence-corrected chi connectivity index (χ0v) is 14.4. The van der Waals surface area contributed by atoms with Crippen LogP contribution in [0.1, 0.15) is 21.5 Å². The topological polar surface area (TPSA) is 36.4 Å². The van der Waals surface area contributed by atoms with Crippen molar-refractivity contribution in [2.45, 2.75) is 12.4 Å². The average Bonchev–Trinajstić information content (AvgIpc) is 2.66. The predicted molar refractivity (Wildman–Crippen MR) is 88.8 cm³/mol. The second-order valence-corrected chi connectivity index (χ2v) is 6.25. The Kier molecular flexibility index (Phi) is 5.22. The molecule has 150 valence electrons. The maximum absolute atomic E-state index is 13.1. The van der Waals surface area contributed by atoms with Gasteiger partial charge in [-0.3, -0.25) is 9.78 Å². The van der Waals surface area contributed by atoms with Gasteiger partial charge in [0, 0.05) is 44.3 Å². The molecule has 0 aliphatic carbocycles. The van der Waals surface area contributed by atoms with Gasteiger partial charge in [0.05, 0.1) is 16.7 Å². The largest absolute Gasteiger partial charge is 0.417 e. The number of rotatable bonds is 2. The van der Waals surface area contributed by atoms with Crippen LogP contribution in [0.2, 0.25) is 0 Å². The third kappa shape index (κ3) is 4.20. The average molecular weight is 403 g/mol. The third-order valence-corrected chi connectivity index (χ3v) is 4.46. The highest BCUT2D eigenvalue weighted by atomic mass is 19.4. The number of piperazine rings is 1. The van der Waals surface area contributed by atoms with Crippen LogP contribution in [0.5, 0.6) is 0 Å². The Morgan fingerprint density at radius 1 is 0.929 bits per heavy atom. The minimum Gasteiger partial charge on any atom is -0.368 e. The highest BCUT2D eigenvalue weighted by Crippen LogP contribution is 2.33. The van der Waals surface area contributed by atoms with Crippen LogP contribution >= 0.6 is 0 Å². The molecule has 1 amide bonds. The summed E-state index contributed by atoms with van der Waals surface area (Å²) < 4.78 is 77.9. The number of halogens is 6. The summed E-state index contributed by atoms with van der Waals surface area (Å²) in [7, 11) is 0. The maximum atomic E-state index is 13.1. The van der Waals surface area contributed by atoms with Gasteiger partial charge in [-0.05, 0) is 24.3 Å². The fourth-order valence-electron chi connectivity index (χ4n) is 3.03. The number of hydrogen-bond donors (Lipinski definition) is 0. The van der Waals surface area contributed by atoms with E-state index < -0.39 is 35.0 Å². The van der Waals surface area contributed by atoms with Crippen LogP contribution < -0.4 is 4.90 Å². The number of alkyl halides is 6. The molecule has 0 unspecified atom stereocenters. The molecular weight excluding hydrogens is 388 g/mol. The highest BCUT2D eigenvalue weighted by Gasteiger charge is 2.37. The molecule has 2 heterocycles. The van der Waals surface area contributed by atoms with Gasteiger partial charge in [-0.15, -0.1) is 0 Å². The first-order valence-corrected chi connectivity index (χ1v) is 8.30. The molecule has 1 saturated heterocycles. The number of aromatic nitrogens is 1. The van der Waals surface area contributed by atoms with Crippen LogP contribution in [0.15, 0.2) is 42.7 Å². The first-order chi connectivity index (χ1) is 13.1. The van der Waals surface area contributed by atoms with Crippen molar-refractivity contribution in [3.63, 3.8) is 0 Å². The van der Waals surface area contributed by atoms with E-state index in [1.54, 1.807) is 4.90 Å². The van der Waals surface area contributed by atoms with Crippen LogP contribution in [-0.4, -0.2) is 42.0 Å². The lowest BCUT2D eigenvalue weighted by Gasteiger charge is -2.36. The minimum absolute atomic E-state index is 0.0846. The molecule has 3 rings (SSSR count). The van der Waals surface area contributed by atoms with E-state index in [1.807, 2.05) is 0 Å². The molecule has 10 heteroatoms. The monoisotopic (exact) mass is 403 g/mol. The Hall–Kier alpha value is -2.78. The van der Waals surface area contributed by atoms with E-state index in [4.69, 9.17) is 0 Å². The molecule has 0 spiro atoms. The summed E-state index contributed by atoms with van der Waals surface area (Å²) in [6, 6.07) is 5.54. The van der Waals surface area contributed by atoms with Gasteiger partial charge in [-0.1, -0.05) is 6.07 Å². The lowest BCUT2D eigenvalue weighted by Crippen LogP contribution is -2.49. The molecule has 0 atom stereocenters. The molecule has 4 nitrogen and oxygen atoms in total. The van der Waals surface area contributed by atoms with Crippen molar-refractivity contribution in [1.29, 1.82) is 0 Å². The smallest absolute Gasteiger partial charge is 0.368 e. The normalized spacial score (nSPS) is 15.6. The van der Waals surface area contributed by atoms with Gasteiger partial charge in [0.1, 0.15) is 0 Å². The summed E-state index contributed by atoms with van der Waals surface area (Å²) >= 11 is 0. The van der Waals surface area contributed by atoms with Gasteiger partial charge >= 0.3 is 12.4 Å². The van der Waals surface area contributed by atoms with Crippen molar-refractivity contribution >= 4 is 11.6 Å². The Bertz CT molecular complexity index is 857. The Balaban J connectivity index is 1.72. The summed E-state index contributed by atoms with van der Waals surface area (Å²) in [5, 5.41) is 0. The minimum atomic E-state index is -4.69. The van der Waals surface area contributed by atoms with Crippen molar-refractivity contribution in [3.05, 3.63) is 59.4 Å². The third-order valence-electron chi connectivity index (χ3n) is 4.46. The van der Waals surface area contributed by atoms with E-state index >= 15 is 0 Å².